The molecule has 1 N–H and O–H groups in total. The van der Waals surface area contributed by atoms with E-state index in [2.05, 4.69) is 15.3 Å². The zero-order chi connectivity index (χ0) is 27.2. The number of ether oxygens (including phenoxy) is 1. The van der Waals surface area contributed by atoms with E-state index in [1.54, 1.807) is 13.8 Å². The number of carbonyl (C=O) groups excluding carboxylic acids is 1. The number of nitrogens with zero attached hydrogens (tertiary/aromatic N) is 3. The first-order chi connectivity index (χ1) is 19.1. The van der Waals surface area contributed by atoms with Crippen LogP contribution < -0.4 is 15.7 Å². The number of hydrogen-bond acceptors (Lipinski definition) is 7. The first-order valence-electron chi connectivity index (χ1n) is 12.7. The van der Waals surface area contributed by atoms with E-state index in [0.717, 1.165) is 21.4 Å². The summed E-state index contributed by atoms with van der Waals surface area (Å²) in [5, 5.41) is 3.99. The number of aryl methyl sites for hydroxylation is 1. The average molecular weight is 521 g/mol. The van der Waals surface area contributed by atoms with E-state index >= 15 is 0 Å². The Hall–Kier alpha value is -4.98. The fourth-order valence-electron chi connectivity index (χ4n) is 4.50. The number of carbonyl (C=O) groups is 1. The molecule has 196 valence electrons. The molecule has 0 aliphatic heterocycles. The standard InChI is InChI=1S/C31H28N4O4/c1-3-38-31(37)26-28(34-27(23-15-9-5-10-16-23)24-17-11-6-12-18-24)25-21(2)32-20-33-29(25)35(30(26)36)39-19-22-13-7-4-8-14-22/h4-18,20,27,34H,3,19H2,1-2H3. The maximum absolute atomic E-state index is 13.9. The number of fused-ring (bicyclic) bond motifs is 1. The molecule has 0 aliphatic rings. The van der Waals surface area contributed by atoms with Crippen LogP contribution in [0.1, 0.15) is 45.7 Å². The summed E-state index contributed by atoms with van der Waals surface area (Å²) >= 11 is 0. The molecular weight excluding hydrogens is 492 g/mol. The Bertz CT molecular complexity index is 1600. The highest BCUT2D eigenvalue weighted by Crippen LogP contribution is 2.33. The number of nitrogens with one attached hydrogen (secondary N) is 1. The van der Waals surface area contributed by atoms with Crippen LogP contribution in [0.4, 0.5) is 5.69 Å². The highest BCUT2D eigenvalue weighted by atomic mass is 16.7. The lowest BCUT2D eigenvalue weighted by atomic mass is 9.97. The molecule has 8 nitrogen and oxygen atoms in total. The van der Waals surface area contributed by atoms with Gasteiger partial charge in [0.05, 0.1) is 29.4 Å². The molecule has 39 heavy (non-hydrogen) atoms. The second-order valence-corrected chi connectivity index (χ2v) is 8.89. The van der Waals surface area contributed by atoms with Crippen molar-refractivity contribution in [1.29, 1.82) is 0 Å². The summed E-state index contributed by atoms with van der Waals surface area (Å²) in [7, 11) is 0. The molecule has 0 saturated heterocycles. The third kappa shape index (κ3) is 5.36. The van der Waals surface area contributed by atoms with Gasteiger partial charge in [0.1, 0.15) is 12.9 Å². The summed E-state index contributed by atoms with van der Waals surface area (Å²) in [5.74, 6) is -0.757. The summed E-state index contributed by atoms with van der Waals surface area (Å²) < 4.78 is 6.42. The second kappa shape index (κ2) is 11.6. The molecule has 3 aromatic carbocycles. The molecule has 0 radical (unpaired) electrons. The van der Waals surface area contributed by atoms with Gasteiger partial charge in [0.2, 0.25) is 0 Å². The van der Waals surface area contributed by atoms with Gasteiger partial charge in [-0.05, 0) is 30.5 Å². The average Bonchev–Trinajstić information content (AvgIpc) is 2.97. The molecule has 0 amide bonds. The molecule has 0 spiro atoms. The fourth-order valence-corrected chi connectivity index (χ4v) is 4.50. The van der Waals surface area contributed by atoms with Crippen molar-refractivity contribution in [3.8, 4) is 0 Å². The van der Waals surface area contributed by atoms with Gasteiger partial charge in [-0.1, -0.05) is 91.0 Å². The molecule has 0 atom stereocenters. The molecule has 0 fully saturated rings. The van der Waals surface area contributed by atoms with Gasteiger partial charge < -0.3 is 14.9 Å². The van der Waals surface area contributed by atoms with E-state index in [1.165, 1.54) is 6.33 Å². The zero-order valence-electron chi connectivity index (χ0n) is 21.7. The number of esters is 1. The Morgan fingerprint density at radius 1 is 0.897 bits per heavy atom. The van der Waals surface area contributed by atoms with Gasteiger partial charge in [-0.15, -0.1) is 4.73 Å². The maximum Gasteiger partial charge on any atom is 0.346 e. The van der Waals surface area contributed by atoms with E-state index in [-0.39, 0.29) is 30.5 Å². The summed E-state index contributed by atoms with van der Waals surface area (Å²) in [6, 6.07) is 28.7. The summed E-state index contributed by atoms with van der Waals surface area (Å²) in [6.07, 6.45) is 1.37. The minimum Gasteiger partial charge on any atom is -0.462 e. The first-order valence-corrected chi connectivity index (χ1v) is 12.7. The third-order valence-corrected chi connectivity index (χ3v) is 6.34. The van der Waals surface area contributed by atoms with Crippen LogP contribution in [0.25, 0.3) is 11.0 Å². The lowest BCUT2D eigenvalue weighted by Crippen LogP contribution is -2.34. The van der Waals surface area contributed by atoms with Crippen molar-refractivity contribution in [1.82, 2.24) is 14.7 Å². The summed E-state index contributed by atoms with van der Waals surface area (Å²) in [6.45, 7) is 3.70. The van der Waals surface area contributed by atoms with Gasteiger partial charge in [-0.25, -0.2) is 14.8 Å². The van der Waals surface area contributed by atoms with Crippen LogP contribution >= 0.6 is 0 Å². The Kier molecular flexibility index (Phi) is 7.63. The summed E-state index contributed by atoms with van der Waals surface area (Å²) in [5.41, 5.74) is 3.03. The van der Waals surface area contributed by atoms with E-state index in [9.17, 15) is 9.59 Å². The molecule has 0 saturated carbocycles. The minimum absolute atomic E-state index is 0.102. The van der Waals surface area contributed by atoms with Crippen molar-refractivity contribution in [2.24, 2.45) is 0 Å². The molecular formula is C31H28N4O4. The van der Waals surface area contributed by atoms with Gasteiger partial charge in [0, 0.05) is 0 Å². The quantitative estimate of drug-likeness (QED) is 0.270. The minimum atomic E-state index is -0.757. The number of anilines is 1. The monoisotopic (exact) mass is 520 g/mol. The number of hydrogen-bond donors (Lipinski definition) is 1. The largest absolute Gasteiger partial charge is 0.462 e. The molecule has 0 unspecified atom stereocenters. The predicted molar refractivity (Wildman–Crippen MR) is 150 cm³/mol. The molecule has 0 bridgehead atoms. The van der Waals surface area contributed by atoms with Crippen LogP contribution in [0.3, 0.4) is 0 Å². The van der Waals surface area contributed by atoms with Crippen molar-refractivity contribution >= 4 is 22.7 Å². The number of rotatable bonds is 9. The van der Waals surface area contributed by atoms with Gasteiger partial charge >= 0.3 is 11.5 Å². The lowest BCUT2D eigenvalue weighted by Gasteiger charge is -2.24. The third-order valence-electron chi connectivity index (χ3n) is 6.34. The Labute approximate surface area is 225 Å². The van der Waals surface area contributed by atoms with Crippen molar-refractivity contribution in [2.45, 2.75) is 26.5 Å². The first kappa shape index (κ1) is 25.7. The van der Waals surface area contributed by atoms with Crippen LogP contribution in [0.15, 0.2) is 102 Å². The highest BCUT2D eigenvalue weighted by molar-refractivity contribution is 6.05. The van der Waals surface area contributed by atoms with Crippen molar-refractivity contribution in [2.75, 3.05) is 11.9 Å². The summed E-state index contributed by atoms with van der Waals surface area (Å²) in [4.78, 5) is 42.1. The van der Waals surface area contributed by atoms with Gasteiger partial charge in [0.15, 0.2) is 11.2 Å². The topological polar surface area (TPSA) is 95.3 Å². The van der Waals surface area contributed by atoms with E-state index in [4.69, 9.17) is 9.57 Å². The van der Waals surface area contributed by atoms with Crippen LogP contribution in [0.2, 0.25) is 0 Å². The van der Waals surface area contributed by atoms with E-state index in [0.29, 0.717) is 16.8 Å². The molecule has 5 aromatic rings. The van der Waals surface area contributed by atoms with Gasteiger partial charge in [-0.2, -0.15) is 0 Å². The highest BCUT2D eigenvalue weighted by Gasteiger charge is 2.29. The van der Waals surface area contributed by atoms with E-state index < -0.39 is 11.5 Å². The molecule has 8 heteroatoms. The Balaban J connectivity index is 1.73. The van der Waals surface area contributed by atoms with Gasteiger partial charge in [0.25, 0.3) is 0 Å². The SMILES string of the molecule is CCOC(=O)c1c(NC(c2ccccc2)c2ccccc2)c2c(C)ncnc2n(OCc2ccccc2)c1=O. The van der Waals surface area contributed by atoms with E-state index in [1.807, 2.05) is 91.0 Å². The predicted octanol–water partition coefficient (Wildman–Crippen LogP) is 5.11. The van der Waals surface area contributed by atoms with Crippen LogP contribution in [0.5, 0.6) is 0 Å². The lowest BCUT2D eigenvalue weighted by molar-refractivity contribution is 0.0513. The maximum atomic E-state index is 13.9. The number of pyridine rings is 1. The smallest absolute Gasteiger partial charge is 0.346 e. The zero-order valence-corrected chi connectivity index (χ0v) is 21.7. The Morgan fingerprint density at radius 2 is 1.49 bits per heavy atom. The number of aromatic nitrogens is 3. The van der Waals surface area contributed by atoms with Crippen molar-refractivity contribution in [3.05, 3.63) is 136 Å². The Morgan fingerprint density at radius 3 is 2.08 bits per heavy atom. The van der Waals surface area contributed by atoms with Gasteiger partial charge in [-0.3, -0.25) is 4.79 Å². The van der Waals surface area contributed by atoms with Crippen LogP contribution in [-0.2, 0) is 11.3 Å². The molecule has 5 rings (SSSR count). The van der Waals surface area contributed by atoms with Crippen LogP contribution in [-0.4, -0.2) is 27.3 Å². The fraction of sp³-hybridized carbons (Fsp3) is 0.161. The van der Waals surface area contributed by atoms with Crippen LogP contribution in [0, 0.1) is 6.92 Å². The van der Waals surface area contributed by atoms with Crippen molar-refractivity contribution < 1.29 is 14.4 Å². The molecule has 2 heterocycles. The molecule has 0 aliphatic carbocycles. The van der Waals surface area contributed by atoms with Crippen molar-refractivity contribution in [3.63, 3.8) is 0 Å². The number of benzene rings is 3. The normalized spacial score (nSPS) is 10.9. The second-order valence-electron chi connectivity index (χ2n) is 8.89. The molecule has 2 aromatic heterocycles.